The smallest absolute Gasteiger partial charge is 0.274 e. The van der Waals surface area contributed by atoms with E-state index in [4.69, 9.17) is 0 Å². The third-order valence-corrected chi connectivity index (χ3v) is 4.46. The van der Waals surface area contributed by atoms with Crippen LogP contribution in [0.1, 0.15) is 23.0 Å². The van der Waals surface area contributed by atoms with Crippen LogP contribution in [0.15, 0.2) is 66.0 Å². The summed E-state index contributed by atoms with van der Waals surface area (Å²) in [5, 5.41) is 12.3. The second-order valence-electron chi connectivity index (χ2n) is 6.20. The van der Waals surface area contributed by atoms with Gasteiger partial charge in [0, 0.05) is 18.5 Å². The van der Waals surface area contributed by atoms with E-state index in [-0.39, 0.29) is 17.2 Å². The number of carbonyl (C=O) groups is 1. The Balaban J connectivity index is 1.56. The number of fused-ring (bicyclic) bond motifs is 1. The van der Waals surface area contributed by atoms with Gasteiger partial charge in [-0.1, -0.05) is 30.3 Å². The first-order valence-corrected chi connectivity index (χ1v) is 8.89. The molecule has 2 heterocycles. The second-order valence-corrected chi connectivity index (χ2v) is 6.20. The Bertz CT molecular complexity index is 1180. The topological polar surface area (TPSA) is 94.7 Å². The molecule has 0 bridgehead atoms. The monoisotopic (exact) mass is 374 g/mol. The minimum atomic E-state index is -0.321. The van der Waals surface area contributed by atoms with Crippen molar-refractivity contribution in [3.05, 3.63) is 82.8 Å². The molecular weight excluding hydrogens is 356 g/mol. The van der Waals surface area contributed by atoms with Crippen molar-refractivity contribution in [2.24, 2.45) is 0 Å². The maximum absolute atomic E-state index is 12.8. The van der Waals surface area contributed by atoms with Gasteiger partial charge in [0.25, 0.3) is 11.5 Å². The van der Waals surface area contributed by atoms with Crippen LogP contribution >= 0.6 is 0 Å². The van der Waals surface area contributed by atoms with Crippen LogP contribution in [0.4, 0.5) is 0 Å². The van der Waals surface area contributed by atoms with Gasteiger partial charge < -0.3 is 5.32 Å². The van der Waals surface area contributed by atoms with Crippen LogP contribution in [0.25, 0.3) is 16.5 Å². The van der Waals surface area contributed by atoms with E-state index in [1.54, 1.807) is 35.3 Å². The van der Waals surface area contributed by atoms with Gasteiger partial charge in [-0.25, -0.2) is 14.3 Å². The highest BCUT2D eigenvalue weighted by Crippen LogP contribution is 2.14. The summed E-state index contributed by atoms with van der Waals surface area (Å²) in [7, 11) is 0. The average Bonchev–Trinajstić information content (AvgIpc) is 3.28. The molecule has 0 aliphatic carbocycles. The third-order valence-electron chi connectivity index (χ3n) is 4.46. The van der Waals surface area contributed by atoms with Gasteiger partial charge in [0.2, 0.25) is 0 Å². The number of nitrogens with one attached hydrogen (secondary N) is 1. The minimum absolute atomic E-state index is 0.196. The van der Waals surface area contributed by atoms with Crippen molar-refractivity contribution >= 4 is 16.7 Å². The lowest BCUT2D eigenvalue weighted by Gasteiger charge is -2.10. The molecule has 2 aromatic heterocycles. The number of hydrogen-bond donors (Lipinski definition) is 1. The van der Waals surface area contributed by atoms with E-state index in [2.05, 4.69) is 20.5 Å². The second kappa shape index (κ2) is 7.43. The van der Waals surface area contributed by atoms with Crippen LogP contribution in [0, 0.1) is 0 Å². The SMILES string of the molecule is CCn1nc(C(=O)NCc2ccc(-n3cncn3)cc2)c2ccccc2c1=O. The van der Waals surface area contributed by atoms with Gasteiger partial charge >= 0.3 is 0 Å². The first-order chi connectivity index (χ1) is 13.7. The highest BCUT2D eigenvalue weighted by Gasteiger charge is 2.16. The number of nitrogens with zero attached hydrogens (tertiary/aromatic N) is 5. The summed E-state index contributed by atoms with van der Waals surface area (Å²) in [5.41, 5.74) is 1.87. The molecule has 0 radical (unpaired) electrons. The number of amides is 1. The molecule has 28 heavy (non-hydrogen) atoms. The number of aryl methyl sites for hydroxylation is 1. The molecule has 2 aromatic carbocycles. The van der Waals surface area contributed by atoms with Crippen LogP contribution < -0.4 is 10.9 Å². The summed E-state index contributed by atoms with van der Waals surface area (Å²) in [6.07, 6.45) is 3.09. The molecule has 0 aliphatic heterocycles. The van der Waals surface area contributed by atoms with Gasteiger partial charge in [0.1, 0.15) is 12.7 Å². The molecule has 8 heteroatoms. The fraction of sp³-hybridized carbons (Fsp3) is 0.150. The number of rotatable bonds is 5. The molecule has 0 unspecified atom stereocenters. The van der Waals surface area contributed by atoms with Gasteiger partial charge in [-0.2, -0.15) is 10.2 Å². The highest BCUT2D eigenvalue weighted by atomic mass is 16.2. The molecule has 1 N–H and O–H groups in total. The summed E-state index contributed by atoms with van der Waals surface area (Å²) in [5.74, 6) is -0.321. The van der Waals surface area contributed by atoms with Crippen LogP contribution in [0.3, 0.4) is 0 Å². The van der Waals surface area contributed by atoms with E-state index in [1.807, 2.05) is 31.2 Å². The Labute approximate surface area is 160 Å². The average molecular weight is 374 g/mol. The van der Waals surface area contributed by atoms with Gasteiger partial charge in [0.15, 0.2) is 5.69 Å². The lowest BCUT2D eigenvalue weighted by atomic mass is 10.1. The summed E-state index contributed by atoms with van der Waals surface area (Å²) in [4.78, 5) is 29.1. The molecule has 8 nitrogen and oxygen atoms in total. The molecule has 0 aliphatic rings. The fourth-order valence-electron chi connectivity index (χ4n) is 2.99. The predicted octanol–water partition coefficient (Wildman–Crippen LogP) is 1.93. The van der Waals surface area contributed by atoms with E-state index >= 15 is 0 Å². The first kappa shape index (κ1) is 17.6. The molecule has 0 fully saturated rings. The van der Waals surface area contributed by atoms with Gasteiger partial charge in [-0.15, -0.1) is 0 Å². The third kappa shape index (κ3) is 3.27. The molecule has 140 valence electrons. The van der Waals surface area contributed by atoms with E-state index in [1.165, 1.54) is 11.0 Å². The molecule has 1 amide bonds. The molecule has 0 atom stereocenters. The number of benzene rings is 2. The molecule has 0 saturated heterocycles. The lowest BCUT2D eigenvalue weighted by Crippen LogP contribution is -2.30. The Morgan fingerprint density at radius 2 is 1.82 bits per heavy atom. The van der Waals surface area contributed by atoms with Gasteiger partial charge in [-0.05, 0) is 30.7 Å². The zero-order chi connectivity index (χ0) is 19.5. The van der Waals surface area contributed by atoms with Crippen LogP contribution in [0.5, 0.6) is 0 Å². The fourth-order valence-corrected chi connectivity index (χ4v) is 2.99. The zero-order valence-electron chi connectivity index (χ0n) is 15.2. The first-order valence-electron chi connectivity index (χ1n) is 8.89. The number of aromatic nitrogens is 5. The van der Waals surface area contributed by atoms with Crippen molar-refractivity contribution in [1.82, 2.24) is 29.9 Å². The lowest BCUT2D eigenvalue weighted by molar-refractivity contribution is 0.0945. The minimum Gasteiger partial charge on any atom is -0.347 e. The van der Waals surface area contributed by atoms with E-state index < -0.39 is 0 Å². The van der Waals surface area contributed by atoms with Crippen molar-refractivity contribution in [1.29, 1.82) is 0 Å². The Hall–Kier alpha value is -3.81. The van der Waals surface area contributed by atoms with E-state index in [0.29, 0.717) is 23.9 Å². The van der Waals surface area contributed by atoms with Crippen molar-refractivity contribution in [3.63, 3.8) is 0 Å². The summed E-state index contributed by atoms with van der Waals surface area (Å²) >= 11 is 0. The van der Waals surface area contributed by atoms with E-state index in [0.717, 1.165) is 11.3 Å². The van der Waals surface area contributed by atoms with Gasteiger partial charge in [-0.3, -0.25) is 9.59 Å². The van der Waals surface area contributed by atoms with Crippen molar-refractivity contribution in [3.8, 4) is 5.69 Å². The molecule has 0 spiro atoms. The molecule has 0 saturated carbocycles. The van der Waals surface area contributed by atoms with Crippen LogP contribution in [-0.2, 0) is 13.1 Å². The molecular formula is C20H18N6O2. The van der Waals surface area contributed by atoms with Crippen molar-refractivity contribution in [2.45, 2.75) is 20.0 Å². The summed E-state index contributed by atoms with van der Waals surface area (Å²) in [6, 6.07) is 14.7. The highest BCUT2D eigenvalue weighted by molar-refractivity contribution is 6.04. The Kier molecular flexibility index (Phi) is 4.67. The van der Waals surface area contributed by atoms with Gasteiger partial charge in [0.05, 0.1) is 11.1 Å². The number of carbonyl (C=O) groups excluding carboxylic acids is 1. The summed E-state index contributed by atoms with van der Waals surface area (Å²) < 4.78 is 2.97. The van der Waals surface area contributed by atoms with Crippen molar-refractivity contribution in [2.75, 3.05) is 0 Å². The summed E-state index contributed by atoms with van der Waals surface area (Å²) in [6.45, 7) is 2.56. The van der Waals surface area contributed by atoms with Crippen LogP contribution in [0.2, 0.25) is 0 Å². The Morgan fingerprint density at radius 3 is 2.50 bits per heavy atom. The maximum atomic E-state index is 12.8. The van der Waals surface area contributed by atoms with E-state index in [9.17, 15) is 9.59 Å². The zero-order valence-corrected chi connectivity index (χ0v) is 15.2. The van der Waals surface area contributed by atoms with Crippen LogP contribution in [-0.4, -0.2) is 30.5 Å². The quantitative estimate of drug-likeness (QED) is 0.576. The largest absolute Gasteiger partial charge is 0.347 e. The molecule has 4 aromatic rings. The standard InChI is InChI=1S/C20H18N6O2/c1-2-25-20(28)17-6-4-3-5-16(17)18(24-25)19(27)22-11-14-7-9-15(10-8-14)26-13-21-12-23-26/h3-10,12-13H,2,11H2,1H3,(H,22,27). The normalized spacial score (nSPS) is 10.9. The van der Waals surface area contributed by atoms with Crippen molar-refractivity contribution < 1.29 is 4.79 Å². The molecule has 4 rings (SSSR count). The Morgan fingerprint density at radius 1 is 1.07 bits per heavy atom. The number of hydrogen-bond acceptors (Lipinski definition) is 5. The maximum Gasteiger partial charge on any atom is 0.274 e. The predicted molar refractivity (Wildman–Crippen MR) is 104 cm³/mol.